The van der Waals surface area contributed by atoms with E-state index in [1.165, 1.54) is 0 Å². The summed E-state index contributed by atoms with van der Waals surface area (Å²) in [6.45, 7) is 0. The Bertz CT molecular complexity index is 415. The second-order valence-corrected chi connectivity index (χ2v) is 3.89. The van der Waals surface area contributed by atoms with Crippen molar-refractivity contribution in [2.75, 3.05) is 11.9 Å². The lowest BCUT2D eigenvalue weighted by atomic mass is 10.1. The minimum absolute atomic E-state index is 0.0869. The second-order valence-electron chi connectivity index (χ2n) is 3.89. The monoisotopic (exact) mass is 200 g/mol. The molecule has 1 aromatic rings. The van der Waals surface area contributed by atoms with Gasteiger partial charge in [0.25, 0.3) is 0 Å². The van der Waals surface area contributed by atoms with Crippen molar-refractivity contribution < 1.29 is 4.79 Å². The molecule has 0 bridgehead atoms. The second kappa shape index (κ2) is 3.39. The SMILES string of the molecule is CN(C(=O)C1(C#N)CC1)c1ccccc1. The van der Waals surface area contributed by atoms with Crippen LogP contribution in [0.2, 0.25) is 0 Å². The highest BCUT2D eigenvalue weighted by atomic mass is 16.2. The zero-order chi connectivity index (χ0) is 10.9. The Hall–Kier alpha value is -1.82. The van der Waals surface area contributed by atoms with Gasteiger partial charge in [0, 0.05) is 12.7 Å². The first-order valence-electron chi connectivity index (χ1n) is 4.94. The van der Waals surface area contributed by atoms with E-state index in [1.807, 2.05) is 30.3 Å². The summed E-state index contributed by atoms with van der Waals surface area (Å²) in [5, 5.41) is 8.93. The normalized spacial score (nSPS) is 16.5. The van der Waals surface area contributed by atoms with Gasteiger partial charge in [-0.1, -0.05) is 18.2 Å². The summed E-state index contributed by atoms with van der Waals surface area (Å²) in [7, 11) is 1.72. The van der Waals surface area contributed by atoms with Gasteiger partial charge in [0.15, 0.2) is 0 Å². The Morgan fingerprint density at radius 1 is 1.40 bits per heavy atom. The zero-order valence-corrected chi connectivity index (χ0v) is 8.60. The molecular weight excluding hydrogens is 188 g/mol. The van der Waals surface area contributed by atoms with Crippen LogP contribution in [0.3, 0.4) is 0 Å². The van der Waals surface area contributed by atoms with Crippen LogP contribution < -0.4 is 4.90 Å². The molecule has 1 aliphatic carbocycles. The van der Waals surface area contributed by atoms with Crippen LogP contribution in [0.15, 0.2) is 30.3 Å². The molecule has 0 radical (unpaired) electrons. The van der Waals surface area contributed by atoms with Crippen LogP contribution >= 0.6 is 0 Å². The fourth-order valence-electron chi connectivity index (χ4n) is 1.59. The van der Waals surface area contributed by atoms with Gasteiger partial charge in [-0.15, -0.1) is 0 Å². The lowest BCUT2D eigenvalue weighted by molar-refractivity contribution is -0.121. The van der Waals surface area contributed by atoms with E-state index in [2.05, 4.69) is 6.07 Å². The molecule has 1 aromatic carbocycles. The van der Waals surface area contributed by atoms with Crippen molar-refractivity contribution in [3.63, 3.8) is 0 Å². The highest BCUT2D eigenvalue weighted by molar-refractivity contribution is 6.00. The van der Waals surface area contributed by atoms with Gasteiger partial charge < -0.3 is 4.90 Å². The Balaban J connectivity index is 2.20. The molecule has 0 saturated heterocycles. The molecule has 76 valence electrons. The Morgan fingerprint density at radius 3 is 2.47 bits per heavy atom. The highest BCUT2D eigenvalue weighted by Gasteiger charge is 2.52. The zero-order valence-electron chi connectivity index (χ0n) is 8.60. The number of amides is 1. The van der Waals surface area contributed by atoms with Gasteiger partial charge >= 0.3 is 0 Å². The molecular formula is C12H12N2O. The van der Waals surface area contributed by atoms with Gasteiger partial charge in [-0.05, 0) is 25.0 Å². The van der Waals surface area contributed by atoms with Gasteiger partial charge in [-0.3, -0.25) is 4.79 Å². The van der Waals surface area contributed by atoms with Crippen molar-refractivity contribution in [3.8, 4) is 6.07 Å². The van der Waals surface area contributed by atoms with Crippen LogP contribution in [-0.2, 0) is 4.79 Å². The Morgan fingerprint density at radius 2 is 2.00 bits per heavy atom. The van der Waals surface area contributed by atoms with Crippen molar-refractivity contribution in [1.29, 1.82) is 5.26 Å². The lowest BCUT2D eigenvalue weighted by Crippen LogP contribution is -2.33. The predicted molar refractivity (Wildman–Crippen MR) is 57.1 cm³/mol. The molecule has 1 saturated carbocycles. The number of anilines is 1. The van der Waals surface area contributed by atoms with E-state index in [-0.39, 0.29) is 5.91 Å². The van der Waals surface area contributed by atoms with Crippen LogP contribution in [0.4, 0.5) is 5.69 Å². The van der Waals surface area contributed by atoms with Gasteiger partial charge in [-0.2, -0.15) is 5.26 Å². The maximum Gasteiger partial charge on any atom is 0.247 e. The molecule has 1 aliphatic rings. The first kappa shape index (κ1) is 9.72. The van der Waals surface area contributed by atoms with E-state index < -0.39 is 5.41 Å². The summed E-state index contributed by atoms with van der Waals surface area (Å²) in [6.07, 6.45) is 1.39. The van der Waals surface area contributed by atoms with Crippen molar-refractivity contribution in [2.24, 2.45) is 5.41 Å². The largest absolute Gasteiger partial charge is 0.314 e. The number of carbonyl (C=O) groups excluding carboxylic acids is 1. The summed E-state index contributed by atoms with van der Waals surface area (Å²) in [5.41, 5.74) is 0.106. The highest BCUT2D eigenvalue weighted by Crippen LogP contribution is 2.46. The quantitative estimate of drug-likeness (QED) is 0.732. The third-order valence-electron chi connectivity index (χ3n) is 2.82. The van der Waals surface area contributed by atoms with Gasteiger partial charge in [0.2, 0.25) is 5.91 Å². The third kappa shape index (κ3) is 1.59. The smallest absolute Gasteiger partial charge is 0.247 e. The number of rotatable bonds is 2. The van der Waals surface area contributed by atoms with Gasteiger partial charge in [0.1, 0.15) is 5.41 Å². The number of nitrogens with zero attached hydrogens (tertiary/aromatic N) is 2. The van der Waals surface area contributed by atoms with Crippen molar-refractivity contribution in [1.82, 2.24) is 0 Å². The number of para-hydroxylation sites is 1. The minimum Gasteiger partial charge on any atom is -0.314 e. The van der Waals surface area contributed by atoms with Crippen molar-refractivity contribution >= 4 is 11.6 Å². The molecule has 0 N–H and O–H groups in total. The lowest BCUT2D eigenvalue weighted by Gasteiger charge is -2.19. The molecule has 0 spiro atoms. The summed E-state index contributed by atoms with van der Waals surface area (Å²) in [4.78, 5) is 13.5. The summed E-state index contributed by atoms with van der Waals surface area (Å²) < 4.78 is 0. The average Bonchev–Trinajstić information content (AvgIpc) is 3.09. The molecule has 15 heavy (non-hydrogen) atoms. The molecule has 3 nitrogen and oxygen atoms in total. The van der Waals surface area contributed by atoms with Crippen LogP contribution in [0.1, 0.15) is 12.8 Å². The van der Waals surface area contributed by atoms with Crippen LogP contribution in [0.5, 0.6) is 0 Å². The van der Waals surface area contributed by atoms with Crippen molar-refractivity contribution in [3.05, 3.63) is 30.3 Å². The molecule has 0 unspecified atom stereocenters. The predicted octanol–water partition coefficient (Wildman–Crippen LogP) is 1.95. The van der Waals surface area contributed by atoms with Crippen LogP contribution in [0.25, 0.3) is 0 Å². The van der Waals surface area contributed by atoms with Crippen LogP contribution in [0, 0.1) is 16.7 Å². The maximum atomic E-state index is 12.0. The fourth-order valence-corrected chi connectivity index (χ4v) is 1.59. The number of carbonyl (C=O) groups is 1. The van der Waals surface area contributed by atoms with Crippen molar-refractivity contribution in [2.45, 2.75) is 12.8 Å². The fraction of sp³-hybridized carbons (Fsp3) is 0.333. The molecule has 2 rings (SSSR count). The number of benzene rings is 1. The maximum absolute atomic E-state index is 12.0. The molecule has 3 heteroatoms. The standard InChI is InChI=1S/C12H12N2O/c1-14(10-5-3-2-4-6-10)11(15)12(9-13)7-8-12/h2-6H,7-8H2,1H3. The Labute approximate surface area is 88.9 Å². The van der Waals surface area contributed by atoms with E-state index in [9.17, 15) is 4.79 Å². The van der Waals surface area contributed by atoms with E-state index in [1.54, 1.807) is 11.9 Å². The van der Waals surface area contributed by atoms with E-state index in [4.69, 9.17) is 5.26 Å². The Kier molecular flexibility index (Phi) is 2.20. The topological polar surface area (TPSA) is 44.1 Å². The third-order valence-corrected chi connectivity index (χ3v) is 2.82. The number of hydrogen-bond acceptors (Lipinski definition) is 2. The number of nitriles is 1. The molecule has 0 aromatic heterocycles. The van der Waals surface area contributed by atoms with E-state index in [0.29, 0.717) is 12.8 Å². The molecule has 0 heterocycles. The first-order chi connectivity index (χ1) is 7.19. The summed E-state index contributed by atoms with van der Waals surface area (Å²) >= 11 is 0. The van der Waals surface area contributed by atoms with Gasteiger partial charge in [-0.25, -0.2) is 0 Å². The van der Waals surface area contributed by atoms with E-state index in [0.717, 1.165) is 5.69 Å². The summed E-state index contributed by atoms with van der Waals surface area (Å²) in [5.74, 6) is -0.0869. The minimum atomic E-state index is -0.732. The number of hydrogen-bond donors (Lipinski definition) is 0. The first-order valence-corrected chi connectivity index (χ1v) is 4.94. The van der Waals surface area contributed by atoms with E-state index >= 15 is 0 Å². The summed E-state index contributed by atoms with van der Waals surface area (Å²) in [6, 6.07) is 11.5. The molecule has 1 amide bonds. The molecule has 0 aliphatic heterocycles. The van der Waals surface area contributed by atoms with Crippen LogP contribution in [-0.4, -0.2) is 13.0 Å². The molecule has 1 fully saturated rings. The molecule has 0 atom stereocenters. The van der Waals surface area contributed by atoms with Gasteiger partial charge in [0.05, 0.1) is 6.07 Å². The average molecular weight is 200 g/mol.